The van der Waals surface area contributed by atoms with Gasteiger partial charge in [0.25, 0.3) is 0 Å². The third-order valence-corrected chi connectivity index (χ3v) is 3.82. The van der Waals surface area contributed by atoms with Gasteiger partial charge in [-0.05, 0) is 18.6 Å². The Morgan fingerprint density at radius 2 is 2.50 bits per heavy atom. The molecule has 0 saturated carbocycles. The van der Waals surface area contributed by atoms with Crippen LogP contribution in [0, 0.1) is 0 Å². The largest absolute Gasteiger partial charge is 0.409 e. The van der Waals surface area contributed by atoms with Crippen molar-refractivity contribution < 1.29 is 5.21 Å². The molecule has 1 unspecified atom stereocenters. The van der Waals surface area contributed by atoms with Gasteiger partial charge in [0.05, 0.1) is 5.02 Å². The molecule has 1 heterocycles. The first-order chi connectivity index (χ1) is 7.67. The third-order valence-electron chi connectivity index (χ3n) is 2.02. The van der Waals surface area contributed by atoms with Gasteiger partial charge in [-0.3, -0.25) is 0 Å². The topological polar surface area (TPSA) is 71.5 Å². The molecule has 0 fully saturated rings. The molecule has 16 heavy (non-hydrogen) atoms. The van der Waals surface area contributed by atoms with E-state index < -0.39 is 0 Å². The Kier molecular flexibility index (Phi) is 5.42. The van der Waals surface area contributed by atoms with E-state index in [0.717, 1.165) is 11.4 Å². The number of hydrogen-bond donors (Lipinski definition) is 2. The maximum absolute atomic E-state index is 8.51. The van der Waals surface area contributed by atoms with E-state index in [0.29, 0.717) is 11.4 Å². The summed E-state index contributed by atoms with van der Waals surface area (Å²) in [4.78, 5) is 4.19. The van der Waals surface area contributed by atoms with Crippen LogP contribution >= 0.6 is 23.4 Å². The van der Waals surface area contributed by atoms with Gasteiger partial charge in [0.1, 0.15) is 10.9 Å². The predicted octanol–water partition coefficient (Wildman–Crippen LogP) is 2.74. The fourth-order valence-corrected chi connectivity index (χ4v) is 2.45. The van der Waals surface area contributed by atoms with Gasteiger partial charge in [0, 0.05) is 17.9 Å². The molecule has 0 amide bonds. The van der Waals surface area contributed by atoms with Crippen LogP contribution < -0.4 is 5.73 Å². The summed E-state index contributed by atoms with van der Waals surface area (Å²) in [5.74, 6) is 0.228. The molecule has 0 radical (unpaired) electrons. The van der Waals surface area contributed by atoms with Crippen molar-refractivity contribution in [3.63, 3.8) is 0 Å². The number of amidine groups is 1. The molecule has 0 spiro atoms. The Morgan fingerprint density at radius 3 is 3.06 bits per heavy atom. The normalized spacial score (nSPS) is 13.8. The number of hydrogen-bond acceptors (Lipinski definition) is 4. The number of thioether (sulfide) groups is 1. The maximum Gasteiger partial charge on any atom is 0.140 e. The van der Waals surface area contributed by atoms with Gasteiger partial charge in [0.2, 0.25) is 0 Å². The molecule has 1 aromatic heterocycles. The first kappa shape index (κ1) is 13.1. The fourth-order valence-electron chi connectivity index (χ4n) is 1.16. The number of pyridine rings is 1. The SMILES string of the molecule is CCC(CC(N)=NO)Sc1ncccc1Cl. The molecular formula is C10H14ClN3OS. The lowest BCUT2D eigenvalue weighted by Gasteiger charge is -2.13. The molecule has 0 bridgehead atoms. The van der Waals surface area contributed by atoms with Crippen molar-refractivity contribution in [2.75, 3.05) is 0 Å². The molecule has 0 aliphatic carbocycles. The van der Waals surface area contributed by atoms with Crippen LogP contribution in [0.5, 0.6) is 0 Å². The van der Waals surface area contributed by atoms with Gasteiger partial charge in [-0.2, -0.15) is 0 Å². The van der Waals surface area contributed by atoms with Crippen LogP contribution in [0.25, 0.3) is 0 Å². The minimum Gasteiger partial charge on any atom is -0.409 e. The molecule has 6 heteroatoms. The fraction of sp³-hybridized carbons (Fsp3) is 0.400. The lowest BCUT2D eigenvalue weighted by Crippen LogP contribution is -2.18. The summed E-state index contributed by atoms with van der Waals surface area (Å²) < 4.78 is 0. The lowest BCUT2D eigenvalue weighted by molar-refractivity contribution is 0.316. The molecule has 0 aliphatic rings. The van der Waals surface area contributed by atoms with Gasteiger partial charge in [-0.1, -0.05) is 23.7 Å². The van der Waals surface area contributed by atoms with Crippen LogP contribution in [-0.2, 0) is 0 Å². The minimum absolute atomic E-state index is 0.211. The zero-order valence-corrected chi connectivity index (χ0v) is 10.5. The van der Waals surface area contributed by atoms with Crippen LogP contribution in [0.4, 0.5) is 0 Å². The number of nitrogens with two attached hydrogens (primary N) is 1. The van der Waals surface area contributed by atoms with Crippen molar-refractivity contribution in [2.24, 2.45) is 10.9 Å². The van der Waals surface area contributed by atoms with Crippen molar-refractivity contribution in [1.29, 1.82) is 0 Å². The molecule has 1 atom stereocenters. The zero-order chi connectivity index (χ0) is 12.0. The zero-order valence-electron chi connectivity index (χ0n) is 8.93. The van der Waals surface area contributed by atoms with Crippen LogP contribution in [-0.4, -0.2) is 21.3 Å². The summed E-state index contributed by atoms with van der Waals surface area (Å²) in [6.07, 6.45) is 3.11. The Bertz CT molecular complexity index is 373. The lowest BCUT2D eigenvalue weighted by atomic mass is 10.2. The quantitative estimate of drug-likeness (QED) is 0.280. The van der Waals surface area contributed by atoms with E-state index >= 15 is 0 Å². The van der Waals surface area contributed by atoms with Gasteiger partial charge in [-0.25, -0.2) is 4.98 Å². The molecule has 1 rings (SSSR count). The van der Waals surface area contributed by atoms with E-state index in [1.807, 2.05) is 6.92 Å². The molecular weight excluding hydrogens is 246 g/mol. The van der Waals surface area contributed by atoms with E-state index in [4.69, 9.17) is 22.5 Å². The number of rotatable bonds is 5. The van der Waals surface area contributed by atoms with Crippen LogP contribution in [0.1, 0.15) is 19.8 Å². The number of halogens is 1. The van der Waals surface area contributed by atoms with Crippen molar-refractivity contribution in [1.82, 2.24) is 4.98 Å². The average molecular weight is 260 g/mol. The highest BCUT2D eigenvalue weighted by Crippen LogP contribution is 2.30. The van der Waals surface area contributed by atoms with Crippen LogP contribution in [0.3, 0.4) is 0 Å². The Morgan fingerprint density at radius 1 is 1.75 bits per heavy atom. The summed E-state index contributed by atoms with van der Waals surface area (Å²) in [6.45, 7) is 2.04. The van der Waals surface area contributed by atoms with Gasteiger partial charge in [0.15, 0.2) is 0 Å². The van der Waals surface area contributed by atoms with Gasteiger partial charge < -0.3 is 10.9 Å². The smallest absolute Gasteiger partial charge is 0.140 e. The Balaban J connectivity index is 2.67. The summed E-state index contributed by atoms with van der Waals surface area (Å²) in [5.41, 5.74) is 5.47. The molecule has 3 N–H and O–H groups in total. The number of nitrogens with zero attached hydrogens (tertiary/aromatic N) is 2. The monoisotopic (exact) mass is 259 g/mol. The molecule has 0 aromatic carbocycles. The molecule has 88 valence electrons. The first-order valence-corrected chi connectivity index (χ1v) is 6.16. The molecule has 0 saturated heterocycles. The Hall–Kier alpha value is -0.940. The van der Waals surface area contributed by atoms with Crippen molar-refractivity contribution in [3.8, 4) is 0 Å². The highest BCUT2D eigenvalue weighted by molar-refractivity contribution is 8.00. The van der Waals surface area contributed by atoms with E-state index in [2.05, 4.69) is 10.1 Å². The maximum atomic E-state index is 8.51. The van der Waals surface area contributed by atoms with E-state index in [9.17, 15) is 0 Å². The van der Waals surface area contributed by atoms with Crippen LogP contribution in [0.2, 0.25) is 5.02 Å². The third kappa shape index (κ3) is 3.90. The second-order valence-electron chi connectivity index (χ2n) is 3.23. The van der Waals surface area contributed by atoms with E-state index in [-0.39, 0.29) is 11.1 Å². The highest BCUT2D eigenvalue weighted by Gasteiger charge is 2.13. The molecule has 0 aliphatic heterocycles. The van der Waals surface area contributed by atoms with Crippen LogP contribution in [0.15, 0.2) is 28.5 Å². The number of aromatic nitrogens is 1. The summed E-state index contributed by atoms with van der Waals surface area (Å²) >= 11 is 7.55. The second kappa shape index (κ2) is 6.60. The van der Waals surface area contributed by atoms with Gasteiger partial charge in [-0.15, -0.1) is 11.8 Å². The number of oxime groups is 1. The van der Waals surface area contributed by atoms with Crippen molar-refractivity contribution >= 4 is 29.2 Å². The van der Waals surface area contributed by atoms with Crippen molar-refractivity contribution in [2.45, 2.75) is 30.0 Å². The van der Waals surface area contributed by atoms with E-state index in [1.54, 1.807) is 30.1 Å². The standard InChI is InChI=1S/C10H14ClN3OS/c1-2-7(6-9(12)14-15)16-10-8(11)4-3-5-13-10/h3-5,7,15H,2,6H2,1H3,(H2,12,14). The summed E-state index contributed by atoms with van der Waals surface area (Å²) in [6, 6.07) is 3.59. The minimum atomic E-state index is 0.211. The summed E-state index contributed by atoms with van der Waals surface area (Å²) in [7, 11) is 0. The second-order valence-corrected chi connectivity index (χ2v) is 4.93. The Labute approximate surface area is 104 Å². The first-order valence-electron chi connectivity index (χ1n) is 4.91. The molecule has 4 nitrogen and oxygen atoms in total. The van der Waals surface area contributed by atoms with Crippen molar-refractivity contribution in [3.05, 3.63) is 23.4 Å². The average Bonchev–Trinajstić information content (AvgIpc) is 2.30. The van der Waals surface area contributed by atoms with Gasteiger partial charge >= 0.3 is 0 Å². The molecule has 1 aromatic rings. The summed E-state index contributed by atoms with van der Waals surface area (Å²) in [5, 5.41) is 13.1. The predicted molar refractivity (Wildman–Crippen MR) is 67.2 cm³/mol. The highest BCUT2D eigenvalue weighted by atomic mass is 35.5. The van der Waals surface area contributed by atoms with E-state index in [1.165, 1.54) is 0 Å².